The van der Waals surface area contributed by atoms with Crippen molar-refractivity contribution in [1.29, 1.82) is 0 Å². The summed E-state index contributed by atoms with van der Waals surface area (Å²) in [4.78, 5) is 48.0. The number of aromatic amines is 1. The molecule has 5 aromatic rings. The number of rotatable bonds is 7. The Bertz CT molecular complexity index is 1940. The maximum Gasteiger partial charge on any atom is 0.257 e. The highest BCUT2D eigenvalue weighted by atomic mass is 127. The number of amides is 2. The second-order valence-corrected chi connectivity index (χ2v) is 12.3. The molecule has 0 aliphatic carbocycles. The molecule has 3 N–H and O–H groups in total. The van der Waals surface area contributed by atoms with Gasteiger partial charge in [0.25, 0.3) is 11.8 Å². The van der Waals surface area contributed by atoms with E-state index < -0.39 is 0 Å². The monoisotopic (exact) mass is 717 g/mol. The molecule has 0 atom stereocenters. The Morgan fingerprint density at radius 1 is 0.956 bits per heavy atom. The van der Waals surface area contributed by atoms with Crippen LogP contribution in [-0.4, -0.2) is 94.4 Å². The van der Waals surface area contributed by atoms with E-state index in [1.54, 1.807) is 56.6 Å². The summed E-state index contributed by atoms with van der Waals surface area (Å²) >= 11 is 2.16. The lowest BCUT2D eigenvalue weighted by atomic mass is 10.1. The molecule has 3 aromatic carbocycles. The van der Waals surface area contributed by atoms with Gasteiger partial charge in [-0.25, -0.2) is 4.68 Å². The van der Waals surface area contributed by atoms with Crippen LogP contribution < -0.4 is 10.5 Å². The summed E-state index contributed by atoms with van der Waals surface area (Å²) < 4.78 is 8.37. The molecule has 0 saturated carbocycles. The topological polar surface area (TPSA) is 130 Å². The largest absolute Gasteiger partial charge is 0.456 e. The van der Waals surface area contributed by atoms with E-state index in [0.29, 0.717) is 47.1 Å². The van der Waals surface area contributed by atoms with Crippen molar-refractivity contribution in [3.8, 4) is 17.2 Å². The Balaban J connectivity index is 1.21. The number of carbonyl (C=O) groups is 3. The average Bonchev–Trinajstić information content (AvgIpc) is 3.64. The molecule has 230 valence electrons. The maximum absolute atomic E-state index is 13.6. The molecule has 0 radical (unpaired) electrons. The molecule has 1 saturated heterocycles. The number of nitrogens with two attached hydrogens (primary N) is 1. The third-order valence-electron chi connectivity index (χ3n) is 7.85. The van der Waals surface area contributed by atoms with Gasteiger partial charge in [0.1, 0.15) is 17.3 Å². The fourth-order valence-electron chi connectivity index (χ4n) is 5.27. The van der Waals surface area contributed by atoms with Gasteiger partial charge in [-0.15, -0.1) is 0 Å². The number of fused-ring (bicyclic) bond motifs is 1. The second-order valence-electron chi connectivity index (χ2n) is 11.2. The number of carbonyl (C=O) groups excluding carboxylic acids is 3. The van der Waals surface area contributed by atoms with Gasteiger partial charge in [-0.1, -0.05) is 12.1 Å². The third kappa shape index (κ3) is 6.02. The van der Waals surface area contributed by atoms with Crippen LogP contribution in [0.2, 0.25) is 0 Å². The lowest BCUT2D eigenvalue weighted by Gasteiger charge is -2.32. The molecule has 12 heteroatoms. The first-order valence-corrected chi connectivity index (χ1v) is 15.5. The zero-order chi connectivity index (χ0) is 31.8. The van der Waals surface area contributed by atoms with Crippen LogP contribution in [0.5, 0.6) is 11.5 Å². The second kappa shape index (κ2) is 12.4. The van der Waals surface area contributed by atoms with E-state index in [1.165, 1.54) is 15.8 Å². The molecule has 3 heterocycles. The van der Waals surface area contributed by atoms with E-state index in [0.717, 1.165) is 27.6 Å². The van der Waals surface area contributed by atoms with Gasteiger partial charge < -0.3 is 30.2 Å². The Kier molecular flexibility index (Phi) is 8.34. The number of nitrogen functional groups attached to an aromatic ring is 1. The van der Waals surface area contributed by atoms with E-state index in [2.05, 4.69) is 37.6 Å². The van der Waals surface area contributed by atoms with Crippen LogP contribution in [0.1, 0.15) is 36.8 Å². The van der Waals surface area contributed by atoms with Gasteiger partial charge in [0.05, 0.1) is 28.7 Å². The molecule has 11 nitrogen and oxygen atoms in total. The molecule has 6 rings (SSSR count). The number of halogens is 1. The van der Waals surface area contributed by atoms with Crippen LogP contribution in [0.15, 0.2) is 72.9 Å². The Hall–Kier alpha value is -4.69. The number of ether oxygens (including phenoxy) is 1. The number of aromatic nitrogens is 3. The molecule has 0 spiro atoms. The average molecular weight is 718 g/mol. The molecule has 1 aliphatic rings. The number of H-pyrrole nitrogens is 1. The molecular formula is C33H32IN7O4. The van der Waals surface area contributed by atoms with Crippen LogP contribution in [0, 0.1) is 3.57 Å². The van der Waals surface area contributed by atoms with Crippen molar-refractivity contribution in [3.63, 3.8) is 0 Å². The van der Waals surface area contributed by atoms with Gasteiger partial charge in [0, 0.05) is 60.3 Å². The summed E-state index contributed by atoms with van der Waals surface area (Å²) in [6, 6.07) is 19.6. The SMILES string of the molecule is CN1CCN(C(=O)c2ccc3[nH]c(C(=O)c4cnn(-c5ccc(Oc6ccccc6C(=O)N(C)C)cc5I)c4N)cc3c2)CC1. The lowest BCUT2D eigenvalue weighted by Crippen LogP contribution is -2.47. The Morgan fingerprint density at radius 2 is 1.71 bits per heavy atom. The first-order chi connectivity index (χ1) is 21.6. The molecule has 0 bridgehead atoms. The van der Waals surface area contributed by atoms with Crippen LogP contribution in [0.3, 0.4) is 0 Å². The fourth-order valence-corrected chi connectivity index (χ4v) is 5.99. The van der Waals surface area contributed by atoms with Crippen molar-refractivity contribution in [2.45, 2.75) is 0 Å². The minimum absolute atomic E-state index is 0.0121. The fraction of sp³-hybridized carbons (Fsp3) is 0.212. The van der Waals surface area contributed by atoms with E-state index in [1.807, 2.05) is 36.2 Å². The van der Waals surface area contributed by atoms with Gasteiger partial charge >= 0.3 is 0 Å². The van der Waals surface area contributed by atoms with E-state index >= 15 is 0 Å². The van der Waals surface area contributed by atoms with Crippen molar-refractivity contribution in [2.24, 2.45) is 0 Å². The highest BCUT2D eigenvalue weighted by Crippen LogP contribution is 2.31. The lowest BCUT2D eigenvalue weighted by molar-refractivity contribution is 0.0664. The van der Waals surface area contributed by atoms with Crippen molar-refractivity contribution in [3.05, 3.63) is 98.9 Å². The van der Waals surface area contributed by atoms with Gasteiger partial charge in [0.15, 0.2) is 0 Å². The van der Waals surface area contributed by atoms with E-state index in [4.69, 9.17) is 10.5 Å². The summed E-state index contributed by atoms with van der Waals surface area (Å²) in [5, 5.41) is 5.19. The molecule has 2 amide bonds. The van der Waals surface area contributed by atoms with Crippen LogP contribution in [0.4, 0.5) is 5.82 Å². The number of piperazine rings is 1. The molecule has 2 aromatic heterocycles. The minimum Gasteiger partial charge on any atom is -0.456 e. The number of para-hydroxylation sites is 1. The summed E-state index contributed by atoms with van der Waals surface area (Å²) in [6.45, 7) is 3.06. The molecule has 45 heavy (non-hydrogen) atoms. The molecule has 1 aliphatic heterocycles. The summed E-state index contributed by atoms with van der Waals surface area (Å²) in [5.74, 6) is 0.695. The zero-order valence-electron chi connectivity index (χ0n) is 25.1. The summed E-state index contributed by atoms with van der Waals surface area (Å²) in [7, 11) is 5.43. The smallest absolute Gasteiger partial charge is 0.257 e. The molecule has 1 fully saturated rings. The number of hydrogen-bond donors (Lipinski definition) is 2. The number of nitrogens with zero attached hydrogens (tertiary/aromatic N) is 5. The van der Waals surface area contributed by atoms with Gasteiger partial charge in [-0.3, -0.25) is 14.4 Å². The predicted octanol–water partition coefficient (Wildman–Crippen LogP) is 4.65. The zero-order valence-corrected chi connectivity index (χ0v) is 27.2. The third-order valence-corrected chi connectivity index (χ3v) is 8.72. The maximum atomic E-state index is 13.6. The van der Waals surface area contributed by atoms with E-state index in [9.17, 15) is 14.4 Å². The van der Waals surface area contributed by atoms with Gasteiger partial charge in [-0.2, -0.15) is 5.10 Å². The summed E-state index contributed by atoms with van der Waals surface area (Å²) in [5.41, 5.74) is 9.54. The van der Waals surface area contributed by atoms with Gasteiger partial charge in [0.2, 0.25) is 5.78 Å². The van der Waals surface area contributed by atoms with Crippen LogP contribution in [0.25, 0.3) is 16.6 Å². The van der Waals surface area contributed by atoms with Gasteiger partial charge in [-0.05, 0) is 84.2 Å². The molecule has 0 unspecified atom stereocenters. The van der Waals surface area contributed by atoms with Crippen molar-refractivity contribution in [2.75, 3.05) is 53.1 Å². The predicted molar refractivity (Wildman–Crippen MR) is 180 cm³/mol. The highest BCUT2D eigenvalue weighted by Gasteiger charge is 2.23. The minimum atomic E-state index is -0.306. The molecular weight excluding hydrogens is 685 g/mol. The first kappa shape index (κ1) is 30.3. The van der Waals surface area contributed by atoms with Crippen molar-refractivity contribution >= 4 is 56.9 Å². The van der Waals surface area contributed by atoms with Crippen LogP contribution in [-0.2, 0) is 0 Å². The Labute approximate surface area is 273 Å². The summed E-state index contributed by atoms with van der Waals surface area (Å²) in [6.07, 6.45) is 1.45. The first-order valence-electron chi connectivity index (χ1n) is 14.4. The number of anilines is 1. The van der Waals surface area contributed by atoms with Crippen molar-refractivity contribution in [1.82, 2.24) is 29.5 Å². The van der Waals surface area contributed by atoms with Crippen LogP contribution >= 0.6 is 22.6 Å². The number of likely N-dealkylation sites (N-methyl/N-ethyl adjacent to an activating group) is 1. The normalized spacial score (nSPS) is 13.6. The highest BCUT2D eigenvalue weighted by molar-refractivity contribution is 14.1. The number of hydrogen-bond acceptors (Lipinski definition) is 7. The standard InChI is InChI=1S/C33H32IN7O4/c1-38(2)33(44)23-6-4-5-7-29(23)45-22-9-11-28(25(34)18-22)41-31(35)24(19-36-41)30(42)27-17-21-16-20(8-10-26(21)37-27)32(43)40-14-12-39(3)13-15-40/h4-11,16-19,37H,12-15,35H2,1-3H3. The number of benzene rings is 3. The number of ketones is 1. The van der Waals surface area contributed by atoms with E-state index in [-0.39, 0.29) is 29.0 Å². The Morgan fingerprint density at radius 3 is 2.44 bits per heavy atom. The van der Waals surface area contributed by atoms with Crippen molar-refractivity contribution < 1.29 is 19.1 Å². The number of nitrogens with one attached hydrogen (secondary N) is 1. The quantitative estimate of drug-likeness (QED) is 0.185.